The average molecular weight is 370 g/mol. The topological polar surface area (TPSA) is 61.4 Å². The van der Waals surface area contributed by atoms with E-state index in [1.807, 2.05) is 12.1 Å². The van der Waals surface area contributed by atoms with Gasteiger partial charge in [0, 0.05) is 13.1 Å². The lowest BCUT2D eigenvalue weighted by Gasteiger charge is -2.20. The fourth-order valence-electron chi connectivity index (χ4n) is 3.47. The van der Waals surface area contributed by atoms with Crippen LogP contribution < -0.4 is 10.6 Å². The molecule has 7 heteroatoms. The number of amides is 3. The third kappa shape index (κ3) is 3.39. The maximum atomic E-state index is 12.5. The maximum absolute atomic E-state index is 12.5. The number of urea groups is 1. The van der Waals surface area contributed by atoms with Crippen molar-refractivity contribution in [2.24, 2.45) is 0 Å². The summed E-state index contributed by atoms with van der Waals surface area (Å²) in [6.07, 6.45) is 4.23. The summed E-state index contributed by atoms with van der Waals surface area (Å²) in [4.78, 5) is 25.9. The van der Waals surface area contributed by atoms with E-state index in [0.29, 0.717) is 36.1 Å². The van der Waals surface area contributed by atoms with E-state index in [-0.39, 0.29) is 11.9 Å². The monoisotopic (exact) mass is 369 g/mol. The number of carbonyl (C=O) groups is 2. The number of halogens is 2. The van der Waals surface area contributed by atoms with Crippen molar-refractivity contribution in [1.29, 1.82) is 0 Å². The van der Waals surface area contributed by atoms with Crippen molar-refractivity contribution < 1.29 is 9.59 Å². The molecule has 24 heavy (non-hydrogen) atoms. The Kier molecular flexibility index (Phi) is 5.33. The van der Waals surface area contributed by atoms with Crippen LogP contribution in [0.1, 0.15) is 37.7 Å². The zero-order valence-corrected chi connectivity index (χ0v) is 14.9. The standard InChI is InChI=1S/C17H21Cl2N3O2/c18-13-6-3-5-12(14(13)19)11-20-9-4-10-22-15(23)17(21-16(22)24)7-1-2-8-17/h3,5-6,20H,1-2,4,7-11H2,(H,21,24). The second-order valence-corrected chi connectivity index (χ2v) is 7.20. The van der Waals surface area contributed by atoms with Crippen molar-refractivity contribution >= 4 is 35.1 Å². The van der Waals surface area contributed by atoms with Gasteiger partial charge in [-0.05, 0) is 37.4 Å². The molecule has 1 aliphatic carbocycles. The van der Waals surface area contributed by atoms with Gasteiger partial charge in [-0.25, -0.2) is 4.79 Å². The molecule has 3 rings (SSSR count). The van der Waals surface area contributed by atoms with Gasteiger partial charge >= 0.3 is 6.03 Å². The molecule has 0 radical (unpaired) electrons. The first-order valence-corrected chi connectivity index (χ1v) is 9.07. The fourth-order valence-corrected chi connectivity index (χ4v) is 3.85. The number of hydrogen-bond donors (Lipinski definition) is 2. The molecule has 0 aromatic heterocycles. The minimum absolute atomic E-state index is 0.0529. The molecular formula is C17H21Cl2N3O2. The van der Waals surface area contributed by atoms with Crippen molar-refractivity contribution in [3.63, 3.8) is 0 Å². The zero-order valence-electron chi connectivity index (χ0n) is 13.4. The Morgan fingerprint density at radius 3 is 2.71 bits per heavy atom. The van der Waals surface area contributed by atoms with Gasteiger partial charge in [-0.3, -0.25) is 9.69 Å². The third-order valence-electron chi connectivity index (χ3n) is 4.79. The van der Waals surface area contributed by atoms with Crippen LogP contribution >= 0.6 is 23.2 Å². The molecule has 1 aromatic carbocycles. The molecule has 2 fully saturated rings. The minimum atomic E-state index is -0.612. The van der Waals surface area contributed by atoms with Gasteiger partial charge in [-0.1, -0.05) is 48.2 Å². The predicted molar refractivity (Wildman–Crippen MR) is 94.2 cm³/mol. The first kappa shape index (κ1) is 17.5. The lowest BCUT2D eigenvalue weighted by Crippen LogP contribution is -2.44. The van der Waals surface area contributed by atoms with Crippen molar-refractivity contribution in [1.82, 2.24) is 15.5 Å². The lowest BCUT2D eigenvalue weighted by molar-refractivity contribution is -0.131. The highest BCUT2D eigenvalue weighted by Gasteiger charge is 2.51. The Morgan fingerprint density at radius 1 is 1.21 bits per heavy atom. The highest BCUT2D eigenvalue weighted by molar-refractivity contribution is 6.42. The number of nitrogens with zero attached hydrogens (tertiary/aromatic N) is 1. The van der Waals surface area contributed by atoms with E-state index in [4.69, 9.17) is 23.2 Å². The normalized spacial score (nSPS) is 19.3. The number of rotatable bonds is 6. The summed E-state index contributed by atoms with van der Waals surface area (Å²) in [5, 5.41) is 7.26. The molecule has 0 bridgehead atoms. The van der Waals surface area contributed by atoms with Gasteiger partial charge in [0.25, 0.3) is 5.91 Å². The fraction of sp³-hybridized carbons (Fsp3) is 0.529. The highest BCUT2D eigenvalue weighted by Crippen LogP contribution is 2.35. The van der Waals surface area contributed by atoms with E-state index in [0.717, 1.165) is 31.2 Å². The second-order valence-electron chi connectivity index (χ2n) is 6.42. The molecular weight excluding hydrogens is 349 g/mol. The van der Waals surface area contributed by atoms with Gasteiger partial charge in [0.2, 0.25) is 0 Å². The largest absolute Gasteiger partial charge is 0.325 e. The summed E-state index contributed by atoms with van der Waals surface area (Å²) < 4.78 is 0. The van der Waals surface area contributed by atoms with Crippen LogP contribution in [0.3, 0.4) is 0 Å². The highest BCUT2D eigenvalue weighted by atomic mass is 35.5. The van der Waals surface area contributed by atoms with Gasteiger partial charge in [0.1, 0.15) is 5.54 Å². The molecule has 130 valence electrons. The summed E-state index contributed by atoms with van der Waals surface area (Å²) in [6.45, 7) is 1.72. The molecule has 1 aliphatic heterocycles. The van der Waals surface area contributed by atoms with Crippen LogP contribution in [0.25, 0.3) is 0 Å². The molecule has 3 amide bonds. The summed E-state index contributed by atoms with van der Waals surface area (Å²) in [5.41, 5.74) is 0.322. The van der Waals surface area contributed by atoms with Crippen LogP contribution in [-0.2, 0) is 11.3 Å². The van der Waals surface area contributed by atoms with Crippen LogP contribution in [0, 0.1) is 0 Å². The van der Waals surface area contributed by atoms with Crippen molar-refractivity contribution in [2.45, 2.75) is 44.2 Å². The molecule has 1 saturated heterocycles. The van der Waals surface area contributed by atoms with E-state index < -0.39 is 5.54 Å². The second kappa shape index (κ2) is 7.30. The molecule has 1 heterocycles. The summed E-state index contributed by atoms with van der Waals surface area (Å²) in [6, 6.07) is 5.28. The van der Waals surface area contributed by atoms with Gasteiger partial charge in [-0.15, -0.1) is 0 Å². The summed E-state index contributed by atoms with van der Waals surface area (Å²) >= 11 is 12.1. The molecule has 0 unspecified atom stereocenters. The lowest BCUT2D eigenvalue weighted by atomic mass is 9.98. The Bertz CT molecular complexity index is 645. The quantitative estimate of drug-likeness (QED) is 0.597. The zero-order chi connectivity index (χ0) is 17.2. The maximum Gasteiger partial charge on any atom is 0.325 e. The Morgan fingerprint density at radius 2 is 1.96 bits per heavy atom. The van der Waals surface area contributed by atoms with Crippen molar-refractivity contribution in [3.8, 4) is 0 Å². The number of benzene rings is 1. The SMILES string of the molecule is O=C1NC2(CCCC2)C(=O)N1CCCNCc1cccc(Cl)c1Cl. The Hall–Kier alpha value is -1.30. The average Bonchev–Trinajstić information content (AvgIpc) is 3.11. The van der Waals surface area contributed by atoms with E-state index in [1.54, 1.807) is 6.07 Å². The number of hydrogen-bond acceptors (Lipinski definition) is 3. The van der Waals surface area contributed by atoms with Crippen LogP contribution in [0.4, 0.5) is 4.79 Å². The van der Waals surface area contributed by atoms with Gasteiger partial charge in [0.05, 0.1) is 10.0 Å². The van der Waals surface area contributed by atoms with Crippen molar-refractivity contribution in [2.75, 3.05) is 13.1 Å². The molecule has 5 nitrogen and oxygen atoms in total. The van der Waals surface area contributed by atoms with E-state index in [9.17, 15) is 9.59 Å². The van der Waals surface area contributed by atoms with E-state index in [2.05, 4.69) is 10.6 Å². The van der Waals surface area contributed by atoms with Crippen LogP contribution in [0.15, 0.2) is 18.2 Å². The Labute approximate surface area is 151 Å². The van der Waals surface area contributed by atoms with Crippen LogP contribution in [-0.4, -0.2) is 35.5 Å². The number of nitrogens with one attached hydrogen (secondary N) is 2. The molecule has 2 N–H and O–H groups in total. The molecule has 1 saturated carbocycles. The number of imide groups is 1. The molecule has 2 aliphatic rings. The third-order valence-corrected chi connectivity index (χ3v) is 5.64. The first-order valence-electron chi connectivity index (χ1n) is 8.31. The van der Waals surface area contributed by atoms with E-state index >= 15 is 0 Å². The molecule has 1 spiro atoms. The van der Waals surface area contributed by atoms with Crippen molar-refractivity contribution in [3.05, 3.63) is 33.8 Å². The van der Waals surface area contributed by atoms with Crippen LogP contribution in [0.5, 0.6) is 0 Å². The number of carbonyl (C=O) groups excluding carboxylic acids is 2. The van der Waals surface area contributed by atoms with E-state index in [1.165, 1.54) is 4.90 Å². The smallest absolute Gasteiger partial charge is 0.323 e. The van der Waals surface area contributed by atoms with Gasteiger partial charge in [0.15, 0.2) is 0 Å². The minimum Gasteiger partial charge on any atom is -0.323 e. The van der Waals surface area contributed by atoms with Gasteiger partial charge < -0.3 is 10.6 Å². The molecule has 0 atom stereocenters. The predicted octanol–water partition coefficient (Wildman–Crippen LogP) is 3.34. The van der Waals surface area contributed by atoms with Crippen LogP contribution in [0.2, 0.25) is 10.0 Å². The summed E-state index contributed by atoms with van der Waals surface area (Å²) in [7, 11) is 0. The Balaban J connectivity index is 1.44. The first-order chi connectivity index (χ1) is 11.5. The summed E-state index contributed by atoms with van der Waals surface area (Å²) in [5.74, 6) is -0.0529. The molecule has 1 aromatic rings. The van der Waals surface area contributed by atoms with Gasteiger partial charge in [-0.2, -0.15) is 0 Å².